The summed E-state index contributed by atoms with van der Waals surface area (Å²) in [6.45, 7) is 1.55. The van der Waals surface area contributed by atoms with Crippen LogP contribution in [-0.4, -0.2) is 43.9 Å². The van der Waals surface area contributed by atoms with Gasteiger partial charge in [0.1, 0.15) is 30.3 Å². The number of hydrogen-bond donors (Lipinski definition) is 1. The summed E-state index contributed by atoms with van der Waals surface area (Å²) in [5.74, 6) is 0.875. The van der Waals surface area contributed by atoms with Gasteiger partial charge in [0.15, 0.2) is 0 Å². The number of aromatic hydroxyl groups is 1. The Morgan fingerprint density at radius 3 is 2.54 bits per heavy atom. The Morgan fingerprint density at radius 1 is 0.923 bits per heavy atom. The third kappa shape index (κ3) is 4.58. The van der Waals surface area contributed by atoms with Crippen LogP contribution in [0, 0.1) is 0 Å². The van der Waals surface area contributed by atoms with Gasteiger partial charge in [-0.25, -0.2) is 0 Å². The number of hydrogen-bond acceptors (Lipinski definition) is 4. The van der Waals surface area contributed by atoms with Crippen molar-refractivity contribution < 1.29 is 14.3 Å². The second kappa shape index (κ2) is 7.54. The maximum absolute atomic E-state index is 10.2. The second-order valence-corrected chi connectivity index (χ2v) is 7.21. The summed E-state index contributed by atoms with van der Waals surface area (Å²) in [7, 11) is 6.39. The summed E-state index contributed by atoms with van der Waals surface area (Å²) in [5.41, 5.74) is 1.15. The van der Waals surface area contributed by atoms with E-state index in [1.54, 1.807) is 6.07 Å². The highest BCUT2D eigenvalue weighted by molar-refractivity contribution is 5.95. The zero-order valence-electron chi connectivity index (χ0n) is 15.4. The maximum atomic E-state index is 10.2. The first-order valence-corrected chi connectivity index (χ1v) is 8.58. The van der Waals surface area contributed by atoms with Crippen molar-refractivity contribution in [1.29, 1.82) is 0 Å². The van der Waals surface area contributed by atoms with E-state index in [2.05, 4.69) is 31.4 Å². The third-order valence-electron chi connectivity index (χ3n) is 3.99. The fourth-order valence-corrected chi connectivity index (χ4v) is 2.53. The molecule has 0 aliphatic carbocycles. The van der Waals surface area contributed by atoms with Crippen LogP contribution >= 0.6 is 0 Å². The molecule has 0 unspecified atom stereocenters. The molecule has 26 heavy (non-hydrogen) atoms. The number of azo groups is 1. The Bertz CT molecular complexity index is 930. The summed E-state index contributed by atoms with van der Waals surface area (Å²) in [6.07, 6.45) is 0. The molecule has 0 aliphatic heterocycles. The number of rotatable bonds is 6. The topological polar surface area (TPSA) is 54.2 Å². The molecule has 0 bridgehead atoms. The predicted molar refractivity (Wildman–Crippen MR) is 105 cm³/mol. The molecule has 3 rings (SSSR count). The van der Waals surface area contributed by atoms with Crippen LogP contribution in [0.25, 0.3) is 10.8 Å². The zero-order chi connectivity index (χ0) is 18.6. The fourth-order valence-electron chi connectivity index (χ4n) is 2.53. The van der Waals surface area contributed by atoms with Crippen LogP contribution in [0.4, 0.5) is 11.4 Å². The summed E-state index contributed by atoms with van der Waals surface area (Å²) in [6, 6.07) is 18.8. The van der Waals surface area contributed by atoms with Crippen LogP contribution in [0.15, 0.2) is 70.9 Å². The summed E-state index contributed by atoms with van der Waals surface area (Å²) in [5, 5.41) is 20.6. The smallest absolute Gasteiger partial charge is 0.143 e. The summed E-state index contributed by atoms with van der Waals surface area (Å²) in [4.78, 5) is 0. The highest BCUT2D eigenvalue weighted by Crippen LogP contribution is 2.36. The van der Waals surface area contributed by atoms with Crippen molar-refractivity contribution in [1.82, 2.24) is 0 Å². The number of likely N-dealkylation sites (N-methyl/N-ethyl adjacent to an activating group) is 1. The van der Waals surface area contributed by atoms with Crippen LogP contribution in [0.1, 0.15) is 0 Å². The largest absolute Gasteiger partial charge is 0.506 e. The maximum Gasteiger partial charge on any atom is 0.143 e. The lowest BCUT2D eigenvalue weighted by Crippen LogP contribution is -2.38. The van der Waals surface area contributed by atoms with Gasteiger partial charge in [-0.1, -0.05) is 36.4 Å². The fraction of sp³-hybridized carbons (Fsp3) is 0.238. The Hall–Kier alpha value is -2.92. The van der Waals surface area contributed by atoms with E-state index in [0.29, 0.717) is 18.0 Å². The van der Waals surface area contributed by atoms with E-state index >= 15 is 0 Å². The molecule has 0 saturated carbocycles. The van der Waals surface area contributed by atoms with Gasteiger partial charge in [0.2, 0.25) is 0 Å². The molecule has 0 saturated heterocycles. The van der Waals surface area contributed by atoms with Crippen molar-refractivity contribution in [3.05, 3.63) is 60.7 Å². The van der Waals surface area contributed by atoms with Crippen molar-refractivity contribution >= 4 is 22.1 Å². The Kier molecular flexibility index (Phi) is 5.19. The molecule has 5 heteroatoms. The Morgan fingerprint density at radius 2 is 1.73 bits per heavy atom. The van der Waals surface area contributed by atoms with Gasteiger partial charge in [-0.05, 0) is 23.6 Å². The third-order valence-corrected chi connectivity index (χ3v) is 3.99. The van der Waals surface area contributed by atoms with Crippen molar-refractivity contribution in [2.24, 2.45) is 10.2 Å². The molecule has 5 nitrogen and oxygen atoms in total. The molecular weight excluding hydrogens is 326 g/mol. The minimum absolute atomic E-state index is 0.114. The molecule has 0 atom stereocenters. The highest BCUT2D eigenvalue weighted by atomic mass is 16.5. The number of nitrogens with zero attached hydrogens (tertiary/aromatic N) is 3. The SMILES string of the molecule is C[N+](C)(C)CCOc1cccc(N=Nc2c(O)ccc3ccccc23)c1. The number of fused-ring (bicyclic) bond motifs is 1. The normalized spacial score (nSPS) is 12.0. The molecule has 134 valence electrons. The molecule has 1 N–H and O–H groups in total. The first-order chi connectivity index (χ1) is 12.4. The number of quaternary nitrogens is 1. The van der Waals surface area contributed by atoms with Gasteiger partial charge in [-0.2, -0.15) is 5.11 Å². The van der Waals surface area contributed by atoms with Crippen LogP contribution in [-0.2, 0) is 0 Å². The summed E-state index contributed by atoms with van der Waals surface area (Å²) < 4.78 is 6.65. The van der Waals surface area contributed by atoms with Gasteiger partial charge in [-0.3, -0.25) is 0 Å². The number of benzene rings is 3. The lowest BCUT2D eigenvalue weighted by molar-refractivity contribution is -0.870. The predicted octanol–water partition coefficient (Wildman–Crippen LogP) is 5.05. The second-order valence-electron chi connectivity index (χ2n) is 7.21. The van der Waals surface area contributed by atoms with E-state index in [0.717, 1.165) is 27.5 Å². The first kappa shape index (κ1) is 17.9. The van der Waals surface area contributed by atoms with E-state index in [-0.39, 0.29) is 5.75 Å². The average molecular weight is 350 g/mol. The van der Waals surface area contributed by atoms with Crippen molar-refractivity contribution in [2.75, 3.05) is 34.3 Å². The average Bonchev–Trinajstić information content (AvgIpc) is 2.60. The first-order valence-electron chi connectivity index (χ1n) is 8.58. The van der Waals surface area contributed by atoms with Gasteiger partial charge in [0.05, 0.1) is 26.8 Å². The molecule has 0 heterocycles. The summed E-state index contributed by atoms with van der Waals surface area (Å²) >= 11 is 0. The molecular formula is C21H24N3O2+. The standard InChI is InChI=1S/C21H23N3O2/c1-24(2,3)13-14-26-18-9-6-8-17(15-18)22-23-21-19-10-5-4-7-16(19)11-12-20(21)25/h4-12,15H,13-14H2,1-3H3/p+1. The van der Waals surface area contributed by atoms with Crippen molar-refractivity contribution in [2.45, 2.75) is 0 Å². The molecule has 0 aliphatic rings. The number of ether oxygens (including phenoxy) is 1. The lowest BCUT2D eigenvalue weighted by Gasteiger charge is -2.23. The van der Waals surface area contributed by atoms with Gasteiger partial charge >= 0.3 is 0 Å². The van der Waals surface area contributed by atoms with Crippen LogP contribution < -0.4 is 4.74 Å². The molecule has 0 aromatic heterocycles. The number of phenolic OH excluding ortho intramolecular Hbond substituents is 1. The van der Waals surface area contributed by atoms with Crippen LogP contribution in [0.2, 0.25) is 0 Å². The molecule has 3 aromatic rings. The van der Waals surface area contributed by atoms with Crippen molar-refractivity contribution in [3.8, 4) is 11.5 Å². The Balaban J connectivity index is 1.79. The van der Waals surface area contributed by atoms with Gasteiger partial charge in [0, 0.05) is 11.5 Å². The zero-order valence-corrected chi connectivity index (χ0v) is 15.4. The van der Waals surface area contributed by atoms with E-state index < -0.39 is 0 Å². The van der Waals surface area contributed by atoms with E-state index in [1.165, 1.54) is 0 Å². The monoisotopic (exact) mass is 350 g/mol. The van der Waals surface area contributed by atoms with Crippen LogP contribution in [0.3, 0.4) is 0 Å². The molecule has 0 fully saturated rings. The van der Waals surface area contributed by atoms with Crippen LogP contribution in [0.5, 0.6) is 11.5 Å². The molecule has 3 aromatic carbocycles. The van der Waals surface area contributed by atoms with Gasteiger partial charge in [0.25, 0.3) is 0 Å². The number of phenols is 1. The quantitative estimate of drug-likeness (QED) is 0.500. The van der Waals surface area contributed by atoms with E-state index in [1.807, 2.05) is 54.6 Å². The van der Waals surface area contributed by atoms with Gasteiger partial charge < -0.3 is 14.3 Å². The lowest BCUT2D eigenvalue weighted by atomic mass is 10.1. The molecule has 0 spiro atoms. The van der Waals surface area contributed by atoms with Gasteiger partial charge in [-0.15, -0.1) is 5.11 Å². The Labute approximate surface area is 153 Å². The minimum atomic E-state index is 0.114. The van der Waals surface area contributed by atoms with E-state index in [9.17, 15) is 5.11 Å². The van der Waals surface area contributed by atoms with Crippen molar-refractivity contribution in [3.63, 3.8) is 0 Å². The molecule has 0 radical (unpaired) electrons. The minimum Gasteiger partial charge on any atom is -0.506 e. The highest BCUT2D eigenvalue weighted by Gasteiger charge is 2.08. The van der Waals surface area contributed by atoms with E-state index in [4.69, 9.17) is 4.74 Å². The molecule has 0 amide bonds.